The van der Waals surface area contributed by atoms with Gasteiger partial charge in [0.1, 0.15) is 6.29 Å². The smallest absolute Gasteiger partial charge is 0.150 e. The van der Waals surface area contributed by atoms with Gasteiger partial charge < -0.3 is 4.74 Å². The molecule has 0 spiro atoms. The van der Waals surface area contributed by atoms with Crippen LogP contribution in [0.25, 0.3) is 0 Å². The van der Waals surface area contributed by atoms with Crippen molar-refractivity contribution in [3.63, 3.8) is 0 Å². The van der Waals surface area contributed by atoms with Crippen LogP contribution >= 0.6 is 12.8 Å². The summed E-state index contributed by atoms with van der Waals surface area (Å²) < 4.78 is 7.27. The van der Waals surface area contributed by atoms with Gasteiger partial charge in [-0.3, -0.25) is 9.52 Å². The van der Waals surface area contributed by atoms with Crippen LogP contribution in [0.15, 0.2) is 24.3 Å². The predicted molar refractivity (Wildman–Crippen MR) is 85.7 cm³/mol. The second-order valence-corrected chi connectivity index (χ2v) is 4.82. The van der Waals surface area contributed by atoms with Crippen molar-refractivity contribution in [1.82, 2.24) is 4.72 Å². The zero-order valence-electron chi connectivity index (χ0n) is 12.6. The summed E-state index contributed by atoms with van der Waals surface area (Å²) in [6.07, 6.45) is 0.831. The van der Waals surface area contributed by atoms with Crippen molar-refractivity contribution in [1.29, 1.82) is 0 Å². The molecule has 0 saturated carbocycles. The molecule has 1 N–H and O–H groups in total. The van der Waals surface area contributed by atoms with E-state index in [4.69, 9.17) is 0 Å². The molecule has 1 aromatic carbocycles. The summed E-state index contributed by atoms with van der Waals surface area (Å²) in [7, 11) is 1.68. The molecule has 19 heavy (non-hydrogen) atoms. The van der Waals surface area contributed by atoms with E-state index < -0.39 is 0 Å². The van der Waals surface area contributed by atoms with Crippen molar-refractivity contribution in [2.75, 3.05) is 13.7 Å². The van der Waals surface area contributed by atoms with Crippen LogP contribution in [0, 0.1) is 5.92 Å². The zero-order valence-corrected chi connectivity index (χ0v) is 13.5. The van der Waals surface area contributed by atoms with Gasteiger partial charge in [-0.05, 0) is 18.4 Å². The minimum Gasteiger partial charge on any atom is -0.385 e. The lowest BCUT2D eigenvalue weighted by atomic mass is 10.1. The number of ether oxygens (including phenoxy) is 1. The van der Waals surface area contributed by atoms with Gasteiger partial charge in [-0.2, -0.15) is 0 Å². The molecular formula is C15H27NO2S. The van der Waals surface area contributed by atoms with Crippen LogP contribution in [0.2, 0.25) is 0 Å². The van der Waals surface area contributed by atoms with Crippen LogP contribution in [0.4, 0.5) is 0 Å². The predicted octanol–water partition coefficient (Wildman–Crippen LogP) is 3.75. The second-order valence-electron chi connectivity index (χ2n) is 4.50. The van der Waals surface area contributed by atoms with Gasteiger partial charge in [-0.25, -0.2) is 0 Å². The van der Waals surface area contributed by atoms with E-state index in [0.29, 0.717) is 12.1 Å². The summed E-state index contributed by atoms with van der Waals surface area (Å²) in [6, 6.07) is 7.36. The Morgan fingerprint density at radius 1 is 1.26 bits per heavy atom. The molecule has 0 bridgehead atoms. The molecule has 0 atom stereocenters. The quantitative estimate of drug-likeness (QED) is 0.653. The molecule has 0 radical (unpaired) electrons. The van der Waals surface area contributed by atoms with E-state index in [0.717, 1.165) is 24.4 Å². The van der Waals surface area contributed by atoms with Gasteiger partial charge in [0.25, 0.3) is 0 Å². The van der Waals surface area contributed by atoms with Crippen molar-refractivity contribution in [3.8, 4) is 0 Å². The average Bonchev–Trinajstić information content (AvgIpc) is 2.40. The second kappa shape index (κ2) is 15.2. The van der Waals surface area contributed by atoms with Gasteiger partial charge in [-0.15, -0.1) is 0 Å². The Morgan fingerprint density at radius 2 is 1.68 bits per heavy atom. The monoisotopic (exact) mass is 285 g/mol. The lowest BCUT2D eigenvalue weighted by molar-refractivity contribution is 0.112. The molecule has 3 nitrogen and oxygen atoms in total. The molecule has 0 aliphatic rings. The van der Waals surface area contributed by atoms with E-state index in [-0.39, 0.29) is 0 Å². The van der Waals surface area contributed by atoms with Gasteiger partial charge in [0.05, 0.1) is 0 Å². The van der Waals surface area contributed by atoms with Crippen molar-refractivity contribution in [2.45, 2.75) is 34.2 Å². The molecular weight excluding hydrogens is 258 g/mol. The third-order valence-electron chi connectivity index (χ3n) is 1.69. The molecule has 0 saturated heterocycles. The fourth-order valence-electron chi connectivity index (χ4n) is 0.805. The number of benzene rings is 1. The molecule has 0 aliphatic carbocycles. The number of methoxy groups -OCH3 is 1. The number of rotatable bonds is 4. The van der Waals surface area contributed by atoms with Crippen molar-refractivity contribution in [2.24, 2.45) is 5.92 Å². The number of thiol groups is 1. The Bertz CT molecular complexity index is 295. The number of aldehydes is 1. The van der Waals surface area contributed by atoms with Crippen molar-refractivity contribution < 1.29 is 9.53 Å². The summed E-state index contributed by atoms with van der Waals surface area (Å²) in [6.45, 7) is 9.99. The Morgan fingerprint density at radius 3 is 1.95 bits per heavy atom. The fraction of sp³-hybridized carbons (Fsp3) is 0.533. The highest BCUT2D eigenvalue weighted by atomic mass is 32.1. The third-order valence-corrected chi connectivity index (χ3v) is 1.85. The fourth-order valence-corrected chi connectivity index (χ4v) is 0.988. The first-order valence-corrected chi connectivity index (χ1v) is 6.86. The van der Waals surface area contributed by atoms with Crippen LogP contribution in [0.5, 0.6) is 0 Å². The first-order valence-electron chi connectivity index (χ1n) is 6.41. The van der Waals surface area contributed by atoms with Crippen LogP contribution in [-0.4, -0.2) is 20.0 Å². The van der Waals surface area contributed by atoms with E-state index in [1.807, 2.05) is 19.1 Å². The van der Waals surface area contributed by atoms with Gasteiger partial charge >= 0.3 is 0 Å². The van der Waals surface area contributed by atoms with E-state index in [9.17, 15) is 4.79 Å². The Kier molecular flexibility index (Phi) is 16.4. The molecule has 0 unspecified atom stereocenters. The molecule has 0 fully saturated rings. The molecule has 1 rings (SSSR count). The van der Waals surface area contributed by atoms with Crippen molar-refractivity contribution in [3.05, 3.63) is 35.4 Å². The topological polar surface area (TPSA) is 38.3 Å². The standard InChI is InChI=1S/C8H9NOS.C4H10.C3H8O/c10-6-8-3-1-7(2-4-8)5-9-11;1-4(2)3;1-3-4-2/h1-4,6,9,11H,5H2;4H,1-3H3;3H2,1-2H3. The maximum absolute atomic E-state index is 10.2. The number of hydrogen-bond acceptors (Lipinski definition) is 4. The minimum absolute atomic E-state index is 0.702. The van der Waals surface area contributed by atoms with Crippen molar-refractivity contribution >= 4 is 19.1 Å². The summed E-state index contributed by atoms with van der Waals surface area (Å²) >= 11 is 3.86. The maximum Gasteiger partial charge on any atom is 0.150 e. The third kappa shape index (κ3) is 17.2. The molecule has 0 aromatic heterocycles. The Hall–Kier alpha value is -0.840. The SMILES string of the molecule is CC(C)C.CCOC.O=Cc1ccc(CNS)cc1. The zero-order chi connectivity index (χ0) is 15.1. The highest BCUT2D eigenvalue weighted by molar-refractivity contribution is 7.78. The first kappa shape index (κ1) is 20.5. The minimum atomic E-state index is 0.702. The van der Waals surface area contributed by atoms with E-state index >= 15 is 0 Å². The van der Waals surface area contributed by atoms with Crippen LogP contribution in [0.3, 0.4) is 0 Å². The normalized spacial score (nSPS) is 9.00. The lowest BCUT2D eigenvalue weighted by Gasteiger charge is -1.97. The number of carbonyl (C=O) groups excluding carboxylic acids is 1. The highest BCUT2D eigenvalue weighted by Crippen LogP contribution is 2.01. The van der Waals surface area contributed by atoms with E-state index in [2.05, 4.69) is 43.0 Å². The molecule has 0 heterocycles. The Labute approximate surface area is 123 Å². The maximum atomic E-state index is 10.2. The summed E-state index contributed by atoms with van der Waals surface area (Å²) in [5, 5.41) is 0. The van der Waals surface area contributed by atoms with Crippen LogP contribution in [0.1, 0.15) is 43.6 Å². The number of hydrogen-bond donors (Lipinski definition) is 2. The molecule has 4 heteroatoms. The Balaban J connectivity index is 0. The lowest BCUT2D eigenvalue weighted by Crippen LogP contribution is -1.97. The van der Waals surface area contributed by atoms with Gasteiger partial charge in [0, 0.05) is 25.8 Å². The largest absolute Gasteiger partial charge is 0.385 e. The molecule has 1 aromatic rings. The van der Waals surface area contributed by atoms with Gasteiger partial charge in [-0.1, -0.05) is 57.9 Å². The molecule has 0 amide bonds. The molecule has 0 aliphatic heterocycles. The van der Waals surface area contributed by atoms with E-state index in [1.165, 1.54) is 0 Å². The first-order chi connectivity index (χ1) is 9.01. The van der Waals surface area contributed by atoms with Crippen LogP contribution < -0.4 is 4.72 Å². The average molecular weight is 285 g/mol. The van der Waals surface area contributed by atoms with Gasteiger partial charge in [0.2, 0.25) is 0 Å². The molecule has 110 valence electrons. The highest BCUT2D eigenvalue weighted by Gasteiger charge is 1.90. The summed E-state index contributed by atoms with van der Waals surface area (Å²) in [5.74, 6) is 0.833. The summed E-state index contributed by atoms with van der Waals surface area (Å²) in [5.41, 5.74) is 1.82. The van der Waals surface area contributed by atoms with Gasteiger partial charge in [0.15, 0.2) is 0 Å². The summed E-state index contributed by atoms with van der Waals surface area (Å²) in [4.78, 5) is 10.2. The number of nitrogens with one attached hydrogen (secondary N) is 1. The number of carbonyl (C=O) groups is 1. The van der Waals surface area contributed by atoms with Crippen LogP contribution in [-0.2, 0) is 11.3 Å². The van der Waals surface area contributed by atoms with E-state index in [1.54, 1.807) is 19.2 Å².